The second kappa shape index (κ2) is 9.09. The molecule has 0 bridgehead atoms. The van der Waals surface area contributed by atoms with Gasteiger partial charge < -0.3 is 14.8 Å². The number of nitrogens with zero attached hydrogens (tertiary/aromatic N) is 1. The number of halogens is 1. The summed E-state index contributed by atoms with van der Waals surface area (Å²) in [5.41, 5.74) is 2.33. The third kappa shape index (κ3) is 5.23. The Bertz CT molecular complexity index is 800. The van der Waals surface area contributed by atoms with Gasteiger partial charge in [-0.2, -0.15) is 5.26 Å². The zero-order valence-electron chi connectivity index (χ0n) is 14.1. The Morgan fingerprint density at radius 2 is 2.04 bits per heavy atom. The minimum absolute atomic E-state index is 0.166. The predicted molar refractivity (Wildman–Crippen MR) is 100.0 cm³/mol. The first kappa shape index (κ1) is 18.8. The van der Waals surface area contributed by atoms with Gasteiger partial charge in [0.1, 0.15) is 0 Å². The number of amides is 1. The highest BCUT2D eigenvalue weighted by Crippen LogP contribution is 2.36. The van der Waals surface area contributed by atoms with E-state index in [1.807, 2.05) is 31.2 Å². The van der Waals surface area contributed by atoms with Crippen LogP contribution in [0.15, 0.2) is 40.9 Å². The van der Waals surface area contributed by atoms with Crippen LogP contribution in [-0.2, 0) is 11.2 Å². The van der Waals surface area contributed by atoms with Crippen LogP contribution in [0.3, 0.4) is 0 Å². The number of hydrogen-bond donors (Lipinski definition) is 1. The number of rotatable bonds is 7. The molecule has 1 N–H and O–H groups in total. The number of benzene rings is 2. The minimum atomic E-state index is -0.271. The van der Waals surface area contributed by atoms with Crippen LogP contribution in [0.4, 0.5) is 5.69 Å². The molecule has 2 aromatic carbocycles. The zero-order valence-corrected chi connectivity index (χ0v) is 15.7. The molecular formula is C19H19BrN2O3. The van der Waals surface area contributed by atoms with Gasteiger partial charge in [-0.05, 0) is 53.0 Å². The summed E-state index contributed by atoms with van der Waals surface area (Å²) in [6.45, 7) is 4.15. The van der Waals surface area contributed by atoms with Gasteiger partial charge in [-0.15, -0.1) is 0 Å². The van der Waals surface area contributed by atoms with Gasteiger partial charge in [0, 0.05) is 11.8 Å². The summed E-state index contributed by atoms with van der Waals surface area (Å²) in [6.07, 6.45) is 0.899. The molecule has 6 heteroatoms. The van der Waals surface area contributed by atoms with E-state index in [2.05, 4.69) is 34.2 Å². The van der Waals surface area contributed by atoms with Crippen LogP contribution in [0.1, 0.15) is 25.0 Å². The molecule has 0 aliphatic heterocycles. The SMILES string of the molecule is CCOc1cc(C#N)cc(Br)c1OCC(=O)Nc1cccc(CC)c1. The molecule has 2 aromatic rings. The maximum absolute atomic E-state index is 12.1. The van der Waals surface area contributed by atoms with Crippen molar-refractivity contribution in [1.29, 1.82) is 5.26 Å². The van der Waals surface area contributed by atoms with E-state index in [9.17, 15) is 4.79 Å². The van der Waals surface area contributed by atoms with Gasteiger partial charge in [0.05, 0.1) is 22.7 Å². The molecule has 0 atom stereocenters. The lowest BCUT2D eigenvalue weighted by Gasteiger charge is -2.14. The number of nitriles is 1. The summed E-state index contributed by atoms with van der Waals surface area (Å²) < 4.78 is 11.7. The first-order chi connectivity index (χ1) is 12.1. The van der Waals surface area contributed by atoms with Crippen molar-refractivity contribution in [2.45, 2.75) is 20.3 Å². The van der Waals surface area contributed by atoms with E-state index in [0.29, 0.717) is 28.1 Å². The largest absolute Gasteiger partial charge is 0.490 e. The summed E-state index contributed by atoms with van der Waals surface area (Å²) >= 11 is 3.36. The fraction of sp³-hybridized carbons (Fsp3) is 0.263. The molecule has 0 saturated carbocycles. The molecule has 0 spiro atoms. The molecule has 0 unspecified atom stereocenters. The van der Waals surface area contributed by atoms with Crippen LogP contribution in [0.25, 0.3) is 0 Å². The van der Waals surface area contributed by atoms with Crippen LogP contribution >= 0.6 is 15.9 Å². The quantitative estimate of drug-likeness (QED) is 0.749. The number of ether oxygens (including phenoxy) is 2. The fourth-order valence-electron chi connectivity index (χ4n) is 2.24. The highest BCUT2D eigenvalue weighted by molar-refractivity contribution is 9.10. The molecule has 0 radical (unpaired) electrons. The van der Waals surface area contributed by atoms with Crippen LogP contribution in [-0.4, -0.2) is 19.1 Å². The van der Waals surface area contributed by atoms with E-state index in [4.69, 9.17) is 14.7 Å². The van der Waals surface area contributed by atoms with Gasteiger partial charge in [-0.1, -0.05) is 19.1 Å². The maximum atomic E-state index is 12.1. The highest BCUT2D eigenvalue weighted by atomic mass is 79.9. The van der Waals surface area contributed by atoms with Crippen molar-refractivity contribution in [3.8, 4) is 17.6 Å². The second-order valence-corrected chi connectivity index (χ2v) is 6.08. The predicted octanol–water partition coefficient (Wildman–Crippen LogP) is 4.30. The van der Waals surface area contributed by atoms with Crippen molar-refractivity contribution in [2.75, 3.05) is 18.5 Å². The van der Waals surface area contributed by atoms with Crippen LogP contribution in [0.5, 0.6) is 11.5 Å². The first-order valence-corrected chi connectivity index (χ1v) is 8.74. The van der Waals surface area contributed by atoms with Crippen molar-refractivity contribution in [3.05, 3.63) is 52.0 Å². The molecule has 5 nitrogen and oxygen atoms in total. The molecule has 0 heterocycles. The molecule has 0 aromatic heterocycles. The topological polar surface area (TPSA) is 71.3 Å². The highest BCUT2D eigenvalue weighted by Gasteiger charge is 2.14. The third-order valence-corrected chi connectivity index (χ3v) is 3.99. The Morgan fingerprint density at radius 1 is 1.24 bits per heavy atom. The molecule has 0 aliphatic rings. The van der Waals surface area contributed by atoms with Gasteiger partial charge in [0.15, 0.2) is 18.1 Å². The number of hydrogen-bond acceptors (Lipinski definition) is 4. The summed E-state index contributed by atoms with van der Waals surface area (Å²) in [5.74, 6) is 0.555. The van der Waals surface area contributed by atoms with Crippen molar-refractivity contribution >= 4 is 27.5 Å². The number of carbonyl (C=O) groups excluding carboxylic acids is 1. The van der Waals surface area contributed by atoms with E-state index < -0.39 is 0 Å². The Hall–Kier alpha value is -2.52. The summed E-state index contributed by atoms with van der Waals surface area (Å²) in [5, 5.41) is 11.8. The van der Waals surface area contributed by atoms with Crippen molar-refractivity contribution < 1.29 is 14.3 Å². The molecule has 25 heavy (non-hydrogen) atoms. The molecule has 130 valence electrons. The molecule has 0 saturated heterocycles. The normalized spacial score (nSPS) is 10.0. The van der Waals surface area contributed by atoms with Crippen LogP contribution < -0.4 is 14.8 Å². The second-order valence-electron chi connectivity index (χ2n) is 5.22. The van der Waals surface area contributed by atoms with Gasteiger partial charge in [-0.3, -0.25) is 4.79 Å². The van der Waals surface area contributed by atoms with Crippen molar-refractivity contribution in [3.63, 3.8) is 0 Å². The lowest BCUT2D eigenvalue weighted by atomic mass is 10.1. The van der Waals surface area contributed by atoms with Crippen LogP contribution in [0.2, 0.25) is 0 Å². The Labute approximate surface area is 155 Å². The Morgan fingerprint density at radius 3 is 2.72 bits per heavy atom. The zero-order chi connectivity index (χ0) is 18.2. The van der Waals surface area contributed by atoms with Crippen molar-refractivity contribution in [2.24, 2.45) is 0 Å². The van der Waals surface area contributed by atoms with E-state index in [1.165, 1.54) is 0 Å². The Balaban J connectivity index is 2.07. The summed E-state index contributed by atoms with van der Waals surface area (Å²) in [6, 6.07) is 12.9. The van der Waals surface area contributed by atoms with Gasteiger partial charge >= 0.3 is 0 Å². The lowest BCUT2D eigenvalue weighted by Crippen LogP contribution is -2.20. The Kier molecular flexibility index (Phi) is 6.84. The number of aryl methyl sites for hydroxylation is 1. The van der Waals surface area contributed by atoms with Gasteiger partial charge in [0.2, 0.25) is 0 Å². The standard InChI is InChI=1S/C19H19BrN2O3/c1-3-13-6-5-7-15(8-13)22-18(23)12-25-19-16(20)9-14(11-21)10-17(19)24-4-2/h5-10H,3-4,12H2,1-2H3,(H,22,23). The maximum Gasteiger partial charge on any atom is 0.262 e. The van der Waals surface area contributed by atoms with Gasteiger partial charge in [0.25, 0.3) is 5.91 Å². The smallest absolute Gasteiger partial charge is 0.262 e. The van der Waals surface area contributed by atoms with E-state index in [0.717, 1.165) is 17.7 Å². The molecule has 2 rings (SSSR count). The average Bonchev–Trinajstić information content (AvgIpc) is 2.61. The third-order valence-electron chi connectivity index (χ3n) is 3.41. The fourth-order valence-corrected chi connectivity index (χ4v) is 2.80. The van der Waals surface area contributed by atoms with E-state index in [1.54, 1.807) is 12.1 Å². The molecule has 0 fully saturated rings. The van der Waals surface area contributed by atoms with Crippen LogP contribution in [0, 0.1) is 11.3 Å². The monoisotopic (exact) mass is 402 g/mol. The lowest BCUT2D eigenvalue weighted by molar-refractivity contribution is -0.118. The van der Waals surface area contributed by atoms with Crippen molar-refractivity contribution in [1.82, 2.24) is 0 Å². The summed E-state index contributed by atoms with van der Waals surface area (Å²) in [4.78, 5) is 12.1. The average molecular weight is 403 g/mol. The minimum Gasteiger partial charge on any atom is -0.490 e. The molecule has 1 amide bonds. The van der Waals surface area contributed by atoms with Gasteiger partial charge in [-0.25, -0.2) is 0 Å². The van der Waals surface area contributed by atoms with E-state index >= 15 is 0 Å². The number of nitrogens with one attached hydrogen (secondary N) is 1. The summed E-state index contributed by atoms with van der Waals surface area (Å²) in [7, 11) is 0. The number of anilines is 1. The van der Waals surface area contributed by atoms with E-state index in [-0.39, 0.29) is 12.5 Å². The first-order valence-electron chi connectivity index (χ1n) is 7.95. The molecule has 0 aliphatic carbocycles. The molecular weight excluding hydrogens is 384 g/mol. The number of carbonyl (C=O) groups is 1.